The first-order valence-corrected chi connectivity index (χ1v) is 10.8. The number of fused-ring (bicyclic) bond motifs is 1. The molecule has 0 radical (unpaired) electrons. The molecule has 0 atom stereocenters. The molecular formula is C24H14ClN3O3S. The summed E-state index contributed by atoms with van der Waals surface area (Å²) in [4.78, 5) is 43.9. The lowest BCUT2D eigenvalue weighted by atomic mass is 10.1. The Morgan fingerprint density at radius 1 is 0.906 bits per heavy atom. The van der Waals surface area contributed by atoms with Crippen molar-refractivity contribution in [2.45, 2.75) is 0 Å². The summed E-state index contributed by atoms with van der Waals surface area (Å²) in [5.74, 6) is -1.18. The molecular weight excluding hydrogens is 446 g/mol. The van der Waals surface area contributed by atoms with Crippen LogP contribution >= 0.6 is 22.9 Å². The zero-order valence-corrected chi connectivity index (χ0v) is 18.0. The van der Waals surface area contributed by atoms with E-state index in [9.17, 15) is 14.4 Å². The number of benzene rings is 3. The predicted molar refractivity (Wildman–Crippen MR) is 125 cm³/mol. The van der Waals surface area contributed by atoms with Gasteiger partial charge in [0.15, 0.2) is 0 Å². The van der Waals surface area contributed by atoms with Gasteiger partial charge in [0.1, 0.15) is 9.88 Å². The van der Waals surface area contributed by atoms with Crippen molar-refractivity contribution >= 4 is 52.0 Å². The van der Waals surface area contributed by atoms with Crippen LogP contribution in [0.1, 0.15) is 30.4 Å². The average Bonchev–Trinajstić information content (AvgIpc) is 3.40. The van der Waals surface area contributed by atoms with Crippen LogP contribution in [0, 0.1) is 0 Å². The molecule has 0 saturated heterocycles. The van der Waals surface area contributed by atoms with Gasteiger partial charge in [0.2, 0.25) is 0 Å². The fraction of sp³-hybridized carbons (Fsp3) is 0. The number of carbonyl (C=O) groups is 3. The Morgan fingerprint density at radius 2 is 1.56 bits per heavy atom. The summed E-state index contributed by atoms with van der Waals surface area (Å²) in [7, 11) is 0. The standard InChI is InChI=1S/C24H14ClN3O3S/c25-18-12-15(27-21(29)20-13-26-22(32-20)14-6-2-1-3-7-14)10-11-19(18)28-23(30)16-8-4-5-9-17(16)24(28)31/h1-13H,(H,27,29). The van der Waals surface area contributed by atoms with Crippen molar-refractivity contribution in [2.24, 2.45) is 0 Å². The largest absolute Gasteiger partial charge is 0.321 e. The molecule has 1 aliphatic rings. The molecule has 5 rings (SSSR count). The van der Waals surface area contributed by atoms with E-state index in [4.69, 9.17) is 11.6 Å². The second-order valence-electron chi connectivity index (χ2n) is 7.01. The molecule has 3 amide bonds. The van der Waals surface area contributed by atoms with E-state index in [-0.39, 0.29) is 16.6 Å². The molecule has 8 heteroatoms. The van der Waals surface area contributed by atoms with Crippen LogP contribution in [0.25, 0.3) is 10.6 Å². The third kappa shape index (κ3) is 3.47. The first-order chi connectivity index (χ1) is 15.5. The Labute approximate surface area is 192 Å². The number of nitrogens with zero attached hydrogens (tertiary/aromatic N) is 2. The van der Waals surface area contributed by atoms with Crippen LogP contribution in [-0.4, -0.2) is 22.7 Å². The van der Waals surface area contributed by atoms with Crippen LogP contribution in [-0.2, 0) is 0 Å². The molecule has 2 heterocycles. The number of anilines is 2. The number of amides is 3. The zero-order valence-electron chi connectivity index (χ0n) is 16.4. The Kier molecular flexibility index (Phi) is 5.05. The first-order valence-electron chi connectivity index (χ1n) is 9.63. The molecule has 0 unspecified atom stereocenters. The van der Waals surface area contributed by atoms with Crippen LogP contribution in [0.15, 0.2) is 79.0 Å². The maximum Gasteiger partial charge on any atom is 0.267 e. The number of hydrogen-bond acceptors (Lipinski definition) is 5. The summed E-state index contributed by atoms with van der Waals surface area (Å²) in [5, 5.41) is 3.70. The smallest absolute Gasteiger partial charge is 0.267 e. The molecule has 32 heavy (non-hydrogen) atoms. The second kappa shape index (κ2) is 8.03. The Hall–Kier alpha value is -3.81. The Balaban J connectivity index is 1.36. The summed E-state index contributed by atoms with van der Waals surface area (Å²) in [6.07, 6.45) is 1.52. The molecule has 0 spiro atoms. The van der Waals surface area contributed by atoms with Gasteiger partial charge in [-0.05, 0) is 30.3 Å². The van der Waals surface area contributed by atoms with Crippen molar-refractivity contribution in [2.75, 3.05) is 10.2 Å². The maximum absolute atomic E-state index is 12.7. The van der Waals surface area contributed by atoms with Crippen LogP contribution < -0.4 is 10.2 Å². The molecule has 1 aromatic heterocycles. The monoisotopic (exact) mass is 459 g/mol. The highest BCUT2D eigenvalue weighted by Gasteiger charge is 2.37. The molecule has 4 aromatic rings. The molecule has 0 saturated carbocycles. The van der Waals surface area contributed by atoms with Gasteiger partial charge in [-0.1, -0.05) is 54.1 Å². The minimum absolute atomic E-state index is 0.173. The van der Waals surface area contributed by atoms with Gasteiger partial charge in [-0.25, -0.2) is 9.88 Å². The van der Waals surface area contributed by atoms with Gasteiger partial charge in [-0.3, -0.25) is 14.4 Å². The first kappa shape index (κ1) is 20.1. The summed E-state index contributed by atoms with van der Waals surface area (Å²) < 4.78 is 0. The zero-order chi connectivity index (χ0) is 22.2. The van der Waals surface area contributed by atoms with Crippen LogP contribution in [0.2, 0.25) is 5.02 Å². The van der Waals surface area contributed by atoms with Crippen molar-refractivity contribution in [3.63, 3.8) is 0 Å². The molecule has 0 aliphatic carbocycles. The minimum Gasteiger partial charge on any atom is -0.321 e. The van der Waals surface area contributed by atoms with Gasteiger partial charge >= 0.3 is 0 Å². The van der Waals surface area contributed by atoms with E-state index in [1.54, 1.807) is 36.4 Å². The second-order valence-corrected chi connectivity index (χ2v) is 8.45. The fourth-order valence-electron chi connectivity index (χ4n) is 3.46. The third-order valence-corrected chi connectivity index (χ3v) is 6.34. The normalized spacial score (nSPS) is 12.7. The summed E-state index contributed by atoms with van der Waals surface area (Å²) in [6, 6.07) is 20.9. The number of nitrogens with one attached hydrogen (secondary N) is 1. The van der Waals surface area contributed by atoms with Crippen LogP contribution in [0.3, 0.4) is 0 Å². The maximum atomic E-state index is 12.7. The van der Waals surface area contributed by atoms with E-state index in [2.05, 4.69) is 10.3 Å². The highest BCUT2D eigenvalue weighted by atomic mass is 35.5. The lowest BCUT2D eigenvalue weighted by Crippen LogP contribution is -2.29. The summed E-state index contributed by atoms with van der Waals surface area (Å²) in [6.45, 7) is 0. The fourth-order valence-corrected chi connectivity index (χ4v) is 4.54. The minimum atomic E-state index is -0.428. The molecule has 1 N–H and O–H groups in total. The highest BCUT2D eigenvalue weighted by molar-refractivity contribution is 7.17. The number of thiazole rings is 1. The average molecular weight is 460 g/mol. The lowest BCUT2D eigenvalue weighted by Gasteiger charge is -2.16. The van der Waals surface area contributed by atoms with Crippen LogP contribution in [0.5, 0.6) is 0 Å². The molecule has 0 bridgehead atoms. The van der Waals surface area contributed by atoms with Crippen molar-refractivity contribution < 1.29 is 14.4 Å². The number of halogens is 1. The van der Waals surface area contributed by atoms with Crippen molar-refractivity contribution in [3.8, 4) is 10.6 Å². The number of aromatic nitrogens is 1. The van der Waals surface area contributed by atoms with Gasteiger partial charge in [0.25, 0.3) is 17.7 Å². The van der Waals surface area contributed by atoms with Gasteiger partial charge in [0, 0.05) is 11.3 Å². The molecule has 3 aromatic carbocycles. The van der Waals surface area contributed by atoms with E-state index in [1.165, 1.54) is 23.6 Å². The molecule has 6 nitrogen and oxygen atoms in total. The van der Waals surface area contributed by atoms with Gasteiger partial charge in [0.05, 0.1) is 28.0 Å². The number of hydrogen-bond donors (Lipinski definition) is 1. The van der Waals surface area contributed by atoms with E-state index >= 15 is 0 Å². The van der Waals surface area contributed by atoms with Crippen LogP contribution in [0.4, 0.5) is 11.4 Å². The Bertz CT molecular complexity index is 1350. The quantitative estimate of drug-likeness (QED) is 0.408. The molecule has 0 fully saturated rings. The van der Waals surface area contributed by atoms with Gasteiger partial charge < -0.3 is 5.32 Å². The third-order valence-electron chi connectivity index (χ3n) is 4.99. The van der Waals surface area contributed by atoms with Crippen molar-refractivity contribution in [1.29, 1.82) is 0 Å². The Morgan fingerprint density at radius 3 is 2.22 bits per heavy atom. The van der Waals surface area contributed by atoms with E-state index in [0.29, 0.717) is 21.7 Å². The lowest BCUT2D eigenvalue weighted by molar-refractivity contribution is 0.0924. The molecule has 156 valence electrons. The van der Waals surface area contributed by atoms with Gasteiger partial charge in [-0.15, -0.1) is 11.3 Å². The number of rotatable bonds is 4. The van der Waals surface area contributed by atoms with E-state index < -0.39 is 11.8 Å². The van der Waals surface area contributed by atoms with Gasteiger partial charge in [-0.2, -0.15) is 0 Å². The molecule has 1 aliphatic heterocycles. The summed E-state index contributed by atoms with van der Waals surface area (Å²) >= 11 is 7.67. The van der Waals surface area contributed by atoms with Crippen molar-refractivity contribution in [1.82, 2.24) is 4.98 Å². The number of carbonyl (C=O) groups excluding carboxylic acids is 3. The number of imide groups is 1. The van der Waals surface area contributed by atoms with E-state index in [1.807, 2.05) is 30.3 Å². The SMILES string of the molecule is O=C(Nc1ccc(N2C(=O)c3ccccc3C2=O)c(Cl)c1)c1cnc(-c2ccccc2)s1. The van der Waals surface area contributed by atoms with E-state index in [0.717, 1.165) is 15.5 Å². The summed E-state index contributed by atoms with van der Waals surface area (Å²) in [5.41, 5.74) is 2.32. The highest BCUT2D eigenvalue weighted by Crippen LogP contribution is 2.35. The van der Waals surface area contributed by atoms with Crippen molar-refractivity contribution in [3.05, 3.63) is 100 Å². The topological polar surface area (TPSA) is 79.4 Å². The predicted octanol–water partition coefficient (Wildman–Crippen LogP) is 5.52.